The second kappa shape index (κ2) is 9.92. The van der Waals surface area contributed by atoms with E-state index in [9.17, 15) is 24.3 Å². The highest BCUT2D eigenvalue weighted by Crippen LogP contribution is 2.45. The number of carbonyl (C=O) groups is 4. The number of para-hydroxylation sites is 2. The zero-order chi connectivity index (χ0) is 29.0. The standard InChI is InChI=1S/C32H30N4O5/c1-17(2)19-12-14-20(15-13-19)28-27-23(21-8-4-6-10-24(21)34-27)16-26-30(38)36(32(41)35(26)28)25-11-7-5-9-22(25)29(37)33-18(3)31(39)40/h4-15,17-18,26,28,34H,16H2,1-3H3,(H,33,37)(H,39,40). The lowest BCUT2D eigenvalue weighted by atomic mass is 9.88. The van der Waals surface area contributed by atoms with Crippen LogP contribution in [-0.4, -0.2) is 50.9 Å². The minimum atomic E-state index is -1.19. The van der Waals surface area contributed by atoms with Crippen molar-refractivity contribution in [1.82, 2.24) is 15.2 Å². The third-order valence-electron chi connectivity index (χ3n) is 8.08. The van der Waals surface area contributed by atoms with Crippen molar-refractivity contribution in [3.63, 3.8) is 0 Å². The molecule has 3 atom stereocenters. The average Bonchev–Trinajstić information content (AvgIpc) is 3.46. The van der Waals surface area contributed by atoms with E-state index in [0.717, 1.165) is 32.6 Å². The van der Waals surface area contributed by atoms with Gasteiger partial charge in [-0.25, -0.2) is 9.69 Å². The van der Waals surface area contributed by atoms with Crippen molar-refractivity contribution < 1.29 is 24.3 Å². The normalized spacial score (nSPS) is 18.9. The Morgan fingerprint density at radius 2 is 1.63 bits per heavy atom. The smallest absolute Gasteiger partial charge is 0.332 e. The number of H-pyrrole nitrogens is 1. The first-order chi connectivity index (χ1) is 19.7. The highest BCUT2D eigenvalue weighted by atomic mass is 16.4. The maximum atomic E-state index is 14.2. The average molecular weight is 551 g/mol. The molecule has 3 N–H and O–H groups in total. The van der Waals surface area contributed by atoms with Crippen LogP contribution in [0, 0.1) is 0 Å². The van der Waals surface area contributed by atoms with E-state index in [2.05, 4.69) is 36.3 Å². The summed E-state index contributed by atoms with van der Waals surface area (Å²) in [7, 11) is 0. The van der Waals surface area contributed by atoms with Gasteiger partial charge in [-0.1, -0.05) is 68.4 Å². The lowest BCUT2D eigenvalue weighted by Gasteiger charge is -2.36. The molecule has 4 amide bonds. The van der Waals surface area contributed by atoms with Crippen molar-refractivity contribution in [3.05, 3.63) is 101 Å². The number of aromatic nitrogens is 1. The molecule has 6 rings (SSSR count). The molecule has 0 saturated carbocycles. The van der Waals surface area contributed by atoms with Gasteiger partial charge >= 0.3 is 12.0 Å². The van der Waals surface area contributed by atoms with Gasteiger partial charge in [0.2, 0.25) is 0 Å². The van der Waals surface area contributed by atoms with Crippen LogP contribution < -0.4 is 10.2 Å². The number of hydrogen-bond donors (Lipinski definition) is 3. The summed E-state index contributed by atoms with van der Waals surface area (Å²) in [6, 6.07) is 19.3. The van der Waals surface area contributed by atoms with Gasteiger partial charge in [0.1, 0.15) is 18.1 Å². The molecule has 0 spiro atoms. The van der Waals surface area contributed by atoms with Gasteiger partial charge in [0.15, 0.2) is 0 Å². The SMILES string of the molecule is CC(NC(=O)c1ccccc1N1C(=O)C2Cc3c([nH]c4ccccc34)C(c3ccc(C(C)C)cc3)N2C1=O)C(=O)O. The number of anilines is 1. The van der Waals surface area contributed by atoms with E-state index in [1.165, 1.54) is 24.6 Å². The number of nitrogens with one attached hydrogen (secondary N) is 2. The highest BCUT2D eigenvalue weighted by molar-refractivity contribution is 6.24. The number of rotatable bonds is 6. The number of aliphatic carboxylic acids is 1. The first-order valence-corrected chi connectivity index (χ1v) is 13.7. The third-order valence-corrected chi connectivity index (χ3v) is 8.08. The summed E-state index contributed by atoms with van der Waals surface area (Å²) in [5, 5.41) is 12.7. The zero-order valence-corrected chi connectivity index (χ0v) is 22.9. The van der Waals surface area contributed by atoms with Gasteiger partial charge in [-0.15, -0.1) is 0 Å². The van der Waals surface area contributed by atoms with Crippen molar-refractivity contribution in [2.45, 2.75) is 51.2 Å². The Morgan fingerprint density at radius 1 is 0.951 bits per heavy atom. The number of amides is 4. The maximum absolute atomic E-state index is 14.2. The molecular formula is C32H30N4O5. The number of aromatic amines is 1. The number of carboxylic acid groups (broad SMARTS) is 1. The van der Waals surface area contributed by atoms with Crippen LogP contribution in [0.5, 0.6) is 0 Å². The molecule has 208 valence electrons. The molecule has 0 bridgehead atoms. The second-order valence-corrected chi connectivity index (χ2v) is 10.9. The minimum absolute atomic E-state index is 0.0453. The van der Waals surface area contributed by atoms with Crippen LogP contribution in [0.25, 0.3) is 10.9 Å². The first kappa shape index (κ1) is 26.3. The summed E-state index contributed by atoms with van der Waals surface area (Å²) in [6.07, 6.45) is 0.325. The van der Waals surface area contributed by atoms with E-state index >= 15 is 0 Å². The molecule has 41 heavy (non-hydrogen) atoms. The molecule has 2 aliphatic heterocycles. The Hall–Kier alpha value is -4.92. The number of carboxylic acids is 1. The molecule has 1 fully saturated rings. The van der Waals surface area contributed by atoms with Crippen molar-refractivity contribution in [3.8, 4) is 0 Å². The lowest BCUT2D eigenvalue weighted by molar-refractivity contribution is -0.138. The second-order valence-electron chi connectivity index (χ2n) is 10.9. The number of carbonyl (C=O) groups excluding carboxylic acids is 3. The van der Waals surface area contributed by atoms with Gasteiger partial charge < -0.3 is 15.4 Å². The van der Waals surface area contributed by atoms with Crippen molar-refractivity contribution in [1.29, 1.82) is 0 Å². The molecule has 0 aliphatic carbocycles. The topological polar surface area (TPSA) is 123 Å². The predicted octanol–water partition coefficient (Wildman–Crippen LogP) is 4.98. The Morgan fingerprint density at radius 3 is 2.34 bits per heavy atom. The summed E-state index contributed by atoms with van der Waals surface area (Å²) in [5.41, 5.74) is 5.00. The van der Waals surface area contributed by atoms with E-state index in [-0.39, 0.29) is 11.3 Å². The fourth-order valence-electron chi connectivity index (χ4n) is 5.90. The molecule has 9 heteroatoms. The van der Waals surface area contributed by atoms with E-state index in [1.807, 2.05) is 36.4 Å². The van der Waals surface area contributed by atoms with Crippen molar-refractivity contribution >= 4 is 40.4 Å². The van der Waals surface area contributed by atoms with Crippen LogP contribution in [-0.2, 0) is 16.0 Å². The number of hydrogen-bond acceptors (Lipinski definition) is 4. The number of urea groups is 1. The molecule has 1 saturated heterocycles. The summed E-state index contributed by atoms with van der Waals surface area (Å²) in [6.45, 7) is 5.59. The van der Waals surface area contributed by atoms with E-state index in [0.29, 0.717) is 12.3 Å². The van der Waals surface area contributed by atoms with Crippen LogP contribution in [0.1, 0.15) is 65.5 Å². The van der Waals surface area contributed by atoms with Gasteiger partial charge in [-0.05, 0) is 47.7 Å². The van der Waals surface area contributed by atoms with Gasteiger partial charge in [0, 0.05) is 23.0 Å². The number of benzene rings is 3. The highest BCUT2D eigenvalue weighted by Gasteiger charge is 2.53. The van der Waals surface area contributed by atoms with E-state index < -0.39 is 41.9 Å². The molecular weight excluding hydrogens is 520 g/mol. The van der Waals surface area contributed by atoms with Crippen LogP contribution >= 0.6 is 0 Å². The Bertz CT molecular complexity index is 1710. The summed E-state index contributed by atoms with van der Waals surface area (Å²) >= 11 is 0. The predicted molar refractivity (Wildman–Crippen MR) is 154 cm³/mol. The maximum Gasteiger partial charge on any atom is 0.332 e. The molecule has 0 radical (unpaired) electrons. The number of fused-ring (bicyclic) bond motifs is 4. The molecule has 4 aromatic rings. The molecule has 3 unspecified atom stereocenters. The fourth-order valence-corrected chi connectivity index (χ4v) is 5.90. The minimum Gasteiger partial charge on any atom is -0.480 e. The monoisotopic (exact) mass is 550 g/mol. The van der Waals surface area contributed by atoms with Gasteiger partial charge in [-0.3, -0.25) is 19.3 Å². The quantitative estimate of drug-likeness (QED) is 0.292. The third kappa shape index (κ3) is 4.25. The zero-order valence-electron chi connectivity index (χ0n) is 22.9. The summed E-state index contributed by atoms with van der Waals surface area (Å²) in [5.74, 6) is -1.97. The van der Waals surface area contributed by atoms with E-state index in [1.54, 1.807) is 17.0 Å². The number of imide groups is 1. The largest absolute Gasteiger partial charge is 0.480 e. The van der Waals surface area contributed by atoms with Crippen LogP contribution in [0.2, 0.25) is 0 Å². The van der Waals surface area contributed by atoms with Crippen LogP contribution in [0.3, 0.4) is 0 Å². The van der Waals surface area contributed by atoms with Crippen LogP contribution in [0.4, 0.5) is 10.5 Å². The van der Waals surface area contributed by atoms with Crippen molar-refractivity contribution in [2.75, 3.05) is 4.90 Å². The molecule has 9 nitrogen and oxygen atoms in total. The van der Waals surface area contributed by atoms with Gasteiger partial charge in [-0.2, -0.15) is 0 Å². The Kier molecular flexibility index (Phi) is 6.37. The van der Waals surface area contributed by atoms with E-state index in [4.69, 9.17) is 0 Å². The summed E-state index contributed by atoms with van der Waals surface area (Å²) in [4.78, 5) is 58.9. The Balaban J connectivity index is 1.46. The first-order valence-electron chi connectivity index (χ1n) is 13.7. The lowest BCUT2D eigenvalue weighted by Crippen LogP contribution is -2.44. The summed E-state index contributed by atoms with van der Waals surface area (Å²) < 4.78 is 0. The molecule has 1 aromatic heterocycles. The fraction of sp³-hybridized carbons (Fsp3) is 0.250. The number of nitrogens with zero attached hydrogens (tertiary/aromatic N) is 2. The molecule has 3 aromatic carbocycles. The van der Waals surface area contributed by atoms with Gasteiger partial charge in [0.05, 0.1) is 11.3 Å². The van der Waals surface area contributed by atoms with Crippen molar-refractivity contribution in [2.24, 2.45) is 0 Å². The van der Waals surface area contributed by atoms with Gasteiger partial charge in [0.25, 0.3) is 11.8 Å². The van der Waals surface area contributed by atoms with Crippen LogP contribution in [0.15, 0.2) is 72.8 Å². The molecule has 3 heterocycles. The Labute approximate surface area is 236 Å². The molecule has 2 aliphatic rings.